The Labute approximate surface area is 223 Å². The van der Waals surface area contributed by atoms with Crippen LogP contribution < -0.4 is 4.74 Å². The van der Waals surface area contributed by atoms with E-state index in [0.717, 1.165) is 22.4 Å². The number of aromatic nitrogens is 6. The lowest BCUT2D eigenvalue weighted by Crippen LogP contribution is -2.21. The zero-order valence-electron chi connectivity index (χ0n) is 21.8. The van der Waals surface area contributed by atoms with Gasteiger partial charge in [0.2, 0.25) is 12.1 Å². The highest BCUT2D eigenvalue weighted by Crippen LogP contribution is 2.38. The molecule has 0 amide bonds. The minimum atomic E-state index is -1.04. The lowest BCUT2D eigenvalue weighted by atomic mass is 9.98. The number of H-pyrrole nitrogens is 1. The first-order chi connectivity index (χ1) is 18.9. The zero-order chi connectivity index (χ0) is 27.5. The molecular weight excluding hydrogens is 500 g/mol. The number of fused-ring (bicyclic) bond motifs is 1. The number of ether oxygens (including phenoxy) is 3. The van der Waals surface area contributed by atoms with Crippen molar-refractivity contribution < 1.29 is 23.8 Å². The molecule has 0 aliphatic rings. The van der Waals surface area contributed by atoms with Crippen LogP contribution in [0.1, 0.15) is 37.0 Å². The normalized spacial score (nSPS) is 11.8. The average molecular weight is 527 g/mol. The van der Waals surface area contributed by atoms with E-state index in [0.29, 0.717) is 35.0 Å². The van der Waals surface area contributed by atoms with Crippen LogP contribution in [0.25, 0.3) is 39.2 Å². The van der Waals surface area contributed by atoms with E-state index in [2.05, 4.69) is 25.6 Å². The topological polar surface area (TPSA) is 134 Å². The van der Waals surface area contributed by atoms with Crippen molar-refractivity contribution in [3.63, 3.8) is 0 Å². The number of nitrogens with zero attached hydrogens (tertiary/aromatic N) is 5. The van der Waals surface area contributed by atoms with E-state index in [1.54, 1.807) is 12.1 Å². The van der Waals surface area contributed by atoms with Gasteiger partial charge >= 0.3 is 11.9 Å². The third kappa shape index (κ3) is 5.06. The SMILES string of the molecule is CCOc1cc(-n2c(C)nc3cccc(C(=O)OC(C)OC(C)=O)c32)ccc1-c1ccccc1-c1nn[nH]n1. The van der Waals surface area contributed by atoms with Crippen LogP contribution in [0.15, 0.2) is 60.7 Å². The molecule has 0 radical (unpaired) electrons. The van der Waals surface area contributed by atoms with E-state index in [-0.39, 0.29) is 5.56 Å². The second kappa shape index (κ2) is 10.7. The summed E-state index contributed by atoms with van der Waals surface area (Å²) < 4.78 is 18.3. The number of nitrogens with one attached hydrogen (secondary N) is 1. The summed E-state index contributed by atoms with van der Waals surface area (Å²) in [5.74, 6) is 0.598. The van der Waals surface area contributed by atoms with Crippen LogP contribution >= 0.6 is 0 Å². The van der Waals surface area contributed by atoms with Crippen LogP contribution in [0.4, 0.5) is 0 Å². The van der Waals surface area contributed by atoms with Gasteiger partial charge in [-0.25, -0.2) is 9.78 Å². The number of imidazole rings is 1. The van der Waals surface area contributed by atoms with Crippen LogP contribution in [0.3, 0.4) is 0 Å². The van der Waals surface area contributed by atoms with Crippen molar-refractivity contribution in [2.24, 2.45) is 0 Å². The maximum atomic E-state index is 13.1. The third-order valence-corrected chi connectivity index (χ3v) is 6.00. The molecule has 0 saturated carbocycles. The summed E-state index contributed by atoms with van der Waals surface area (Å²) in [6.07, 6.45) is -1.04. The molecule has 3 aromatic carbocycles. The van der Waals surface area contributed by atoms with Gasteiger partial charge in [0.1, 0.15) is 11.6 Å². The third-order valence-electron chi connectivity index (χ3n) is 6.00. The molecule has 11 heteroatoms. The predicted octanol–water partition coefficient (Wildman–Crippen LogP) is 4.65. The lowest BCUT2D eigenvalue weighted by molar-refractivity contribution is -0.162. The van der Waals surface area contributed by atoms with Gasteiger partial charge in [0.05, 0.1) is 28.9 Å². The van der Waals surface area contributed by atoms with Gasteiger partial charge in [-0.1, -0.05) is 30.3 Å². The number of benzene rings is 3. The second-order valence-electron chi connectivity index (χ2n) is 8.64. The molecule has 198 valence electrons. The van der Waals surface area contributed by atoms with Crippen LogP contribution in [-0.4, -0.2) is 55.0 Å². The monoisotopic (exact) mass is 526 g/mol. The molecule has 2 heterocycles. The standard InChI is InChI=1S/C28H26N6O5/c1-5-37-25-15-19(13-14-21(25)20-9-6-7-10-22(20)27-30-32-33-31-27)34-16(2)29-24-12-8-11-23(26(24)34)28(36)39-18(4)38-17(3)35/h6-15,18H,5H2,1-4H3,(H,30,31,32,33). The number of hydrogen-bond acceptors (Lipinski definition) is 9. The highest BCUT2D eigenvalue weighted by atomic mass is 16.7. The van der Waals surface area contributed by atoms with Crippen molar-refractivity contribution in [1.82, 2.24) is 30.2 Å². The fraction of sp³-hybridized carbons (Fsp3) is 0.214. The second-order valence-corrected chi connectivity index (χ2v) is 8.64. The molecule has 11 nitrogen and oxygen atoms in total. The number of aryl methyl sites for hydroxylation is 1. The Bertz CT molecular complexity index is 1660. The zero-order valence-corrected chi connectivity index (χ0v) is 21.8. The van der Waals surface area contributed by atoms with Crippen molar-refractivity contribution >= 4 is 23.0 Å². The van der Waals surface area contributed by atoms with Crippen molar-refractivity contribution in [1.29, 1.82) is 0 Å². The van der Waals surface area contributed by atoms with Gasteiger partial charge < -0.3 is 14.2 Å². The predicted molar refractivity (Wildman–Crippen MR) is 142 cm³/mol. The highest BCUT2D eigenvalue weighted by Gasteiger charge is 2.22. The van der Waals surface area contributed by atoms with Gasteiger partial charge in [-0.15, -0.1) is 10.2 Å². The van der Waals surface area contributed by atoms with Crippen LogP contribution in [0.2, 0.25) is 0 Å². The van der Waals surface area contributed by atoms with Crippen LogP contribution in [0, 0.1) is 6.92 Å². The number of esters is 2. The number of hydrogen-bond donors (Lipinski definition) is 1. The summed E-state index contributed by atoms with van der Waals surface area (Å²) in [6.45, 7) is 6.95. The first kappa shape index (κ1) is 25.6. The van der Waals surface area contributed by atoms with Gasteiger partial charge in [0, 0.05) is 31.0 Å². The number of rotatable bonds is 8. The fourth-order valence-electron chi connectivity index (χ4n) is 4.53. The lowest BCUT2D eigenvalue weighted by Gasteiger charge is -2.17. The summed E-state index contributed by atoms with van der Waals surface area (Å²) in [4.78, 5) is 29.0. The molecule has 0 aliphatic carbocycles. The number of aromatic amines is 1. The summed E-state index contributed by atoms with van der Waals surface area (Å²) in [5, 5.41) is 14.5. The smallest absolute Gasteiger partial charge is 0.343 e. The molecule has 2 aromatic heterocycles. The number of carbonyl (C=O) groups excluding carboxylic acids is 2. The van der Waals surface area contributed by atoms with E-state index in [4.69, 9.17) is 14.2 Å². The number of tetrazole rings is 1. The molecule has 0 spiro atoms. The Morgan fingerprint density at radius 2 is 1.79 bits per heavy atom. The van der Waals surface area contributed by atoms with Gasteiger partial charge in [0.25, 0.3) is 0 Å². The first-order valence-corrected chi connectivity index (χ1v) is 12.3. The highest BCUT2D eigenvalue weighted by molar-refractivity contribution is 6.03. The largest absolute Gasteiger partial charge is 0.493 e. The minimum absolute atomic E-state index is 0.289. The van der Waals surface area contributed by atoms with E-state index < -0.39 is 18.2 Å². The molecular formula is C28H26N6O5. The van der Waals surface area contributed by atoms with Crippen molar-refractivity contribution in [3.8, 4) is 34.0 Å². The molecule has 1 atom stereocenters. The first-order valence-electron chi connectivity index (χ1n) is 12.3. The minimum Gasteiger partial charge on any atom is -0.493 e. The molecule has 0 saturated heterocycles. The molecule has 5 aromatic rings. The Balaban J connectivity index is 1.62. The molecule has 0 bridgehead atoms. The van der Waals surface area contributed by atoms with Crippen LogP contribution in [-0.2, 0) is 14.3 Å². The summed E-state index contributed by atoms with van der Waals surface area (Å²) >= 11 is 0. The molecule has 5 rings (SSSR count). The van der Waals surface area contributed by atoms with Gasteiger partial charge in [-0.05, 0) is 48.9 Å². The van der Waals surface area contributed by atoms with Gasteiger partial charge in [-0.2, -0.15) is 5.21 Å². The summed E-state index contributed by atoms with van der Waals surface area (Å²) in [5.41, 5.74) is 4.74. The summed E-state index contributed by atoms with van der Waals surface area (Å²) in [7, 11) is 0. The molecule has 1 N–H and O–H groups in total. The Hall–Kier alpha value is -5.06. The molecule has 0 aliphatic heterocycles. The molecule has 1 unspecified atom stereocenters. The number of para-hydroxylation sites is 1. The van der Waals surface area contributed by atoms with E-state index in [1.807, 2.05) is 66.9 Å². The summed E-state index contributed by atoms with van der Waals surface area (Å²) in [6, 6.07) is 18.7. The van der Waals surface area contributed by atoms with E-state index in [9.17, 15) is 9.59 Å². The quantitative estimate of drug-likeness (QED) is 0.226. The van der Waals surface area contributed by atoms with Gasteiger partial charge in [0.15, 0.2) is 0 Å². The maximum absolute atomic E-state index is 13.1. The van der Waals surface area contributed by atoms with Crippen LogP contribution in [0.5, 0.6) is 5.75 Å². The van der Waals surface area contributed by atoms with Crippen molar-refractivity contribution in [3.05, 3.63) is 72.1 Å². The fourth-order valence-corrected chi connectivity index (χ4v) is 4.53. The average Bonchev–Trinajstić information content (AvgIpc) is 3.56. The van der Waals surface area contributed by atoms with Crippen molar-refractivity contribution in [2.45, 2.75) is 34.0 Å². The van der Waals surface area contributed by atoms with E-state index in [1.165, 1.54) is 13.8 Å². The van der Waals surface area contributed by atoms with Gasteiger partial charge in [-0.3, -0.25) is 9.36 Å². The Morgan fingerprint density at radius 3 is 2.51 bits per heavy atom. The Morgan fingerprint density at radius 1 is 1.00 bits per heavy atom. The Kier molecular flexibility index (Phi) is 7.04. The number of carbonyl (C=O) groups is 2. The van der Waals surface area contributed by atoms with Crippen molar-refractivity contribution in [2.75, 3.05) is 6.61 Å². The maximum Gasteiger partial charge on any atom is 0.343 e. The molecule has 39 heavy (non-hydrogen) atoms. The van der Waals surface area contributed by atoms with E-state index >= 15 is 0 Å². The molecule has 0 fully saturated rings.